The van der Waals surface area contributed by atoms with Crippen molar-refractivity contribution in [3.05, 3.63) is 11.9 Å². The standard InChI is InChI=1S/C14H23N5O/c1-9(2)18-6-10(3)12(7-18)15-14(20)13-8-19(17-16-13)11-4-5-11/h8-12H,4-7H2,1-3H3,(H,15,20)/t10-,12-/m0/s1. The van der Waals surface area contributed by atoms with Gasteiger partial charge in [0.25, 0.3) is 5.91 Å². The molecule has 0 radical (unpaired) electrons. The minimum Gasteiger partial charge on any atom is -0.346 e. The van der Waals surface area contributed by atoms with Crippen LogP contribution >= 0.6 is 0 Å². The molecule has 1 aliphatic heterocycles. The van der Waals surface area contributed by atoms with E-state index in [1.165, 1.54) is 0 Å². The zero-order chi connectivity index (χ0) is 14.3. The molecule has 110 valence electrons. The topological polar surface area (TPSA) is 63.1 Å². The average molecular weight is 277 g/mol. The fourth-order valence-corrected chi connectivity index (χ4v) is 2.75. The molecule has 0 unspecified atom stereocenters. The largest absolute Gasteiger partial charge is 0.346 e. The Morgan fingerprint density at radius 3 is 2.75 bits per heavy atom. The third kappa shape index (κ3) is 2.70. The minimum atomic E-state index is -0.0978. The fraction of sp³-hybridized carbons (Fsp3) is 0.786. The molecule has 0 aromatic carbocycles. The Morgan fingerprint density at radius 1 is 1.40 bits per heavy atom. The van der Waals surface area contributed by atoms with Crippen molar-refractivity contribution in [3.63, 3.8) is 0 Å². The van der Waals surface area contributed by atoms with Gasteiger partial charge in [-0.1, -0.05) is 12.1 Å². The summed E-state index contributed by atoms with van der Waals surface area (Å²) in [6, 6.07) is 1.19. The predicted molar refractivity (Wildman–Crippen MR) is 75.4 cm³/mol. The molecule has 1 amide bonds. The molecular weight excluding hydrogens is 254 g/mol. The Kier molecular flexibility index (Phi) is 3.50. The third-order valence-corrected chi connectivity index (χ3v) is 4.35. The number of nitrogens with one attached hydrogen (secondary N) is 1. The molecule has 2 aliphatic rings. The number of rotatable bonds is 4. The first-order valence-electron chi connectivity index (χ1n) is 7.51. The highest BCUT2D eigenvalue weighted by atomic mass is 16.2. The van der Waals surface area contributed by atoms with Crippen molar-refractivity contribution >= 4 is 5.91 Å². The summed E-state index contributed by atoms with van der Waals surface area (Å²) in [7, 11) is 0. The lowest BCUT2D eigenvalue weighted by molar-refractivity contribution is 0.0925. The Hall–Kier alpha value is -1.43. The number of hydrogen-bond donors (Lipinski definition) is 1. The summed E-state index contributed by atoms with van der Waals surface area (Å²) in [5.74, 6) is 0.374. The van der Waals surface area contributed by atoms with Crippen molar-refractivity contribution in [1.29, 1.82) is 0 Å². The Bertz CT molecular complexity index is 494. The van der Waals surface area contributed by atoms with Crippen molar-refractivity contribution in [2.45, 2.75) is 51.7 Å². The van der Waals surface area contributed by atoms with Crippen LogP contribution in [0.4, 0.5) is 0 Å². The van der Waals surface area contributed by atoms with Crippen LogP contribution in [-0.4, -0.2) is 51.0 Å². The number of nitrogens with zero attached hydrogens (tertiary/aromatic N) is 4. The molecule has 1 N–H and O–H groups in total. The van der Waals surface area contributed by atoms with Crippen LogP contribution in [0.1, 0.15) is 50.1 Å². The molecule has 0 bridgehead atoms. The van der Waals surface area contributed by atoms with Gasteiger partial charge in [-0.05, 0) is 32.6 Å². The molecule has 1 aromatic heterocycles. The normalized spacial score (nSPS) is 27.2. The molecule has 1 saturated heterocycles. The lowest BCUT2D eigenvalue weighted by Crippen LogP contribution is -2.40. The second-order valence-electron chi connectivity index (χ2n) is 6.42. The maximum atomic E-state index is 12.2. The highest BCUT2D eigenvalue weighted by Crippen LogP contribution is 2.33. The van der Waals surface area contributed by atoms with Gasteiger partial charge in [0.05, 0.1) is 12.2 Å². The number of likely N-dealkylation sites (tertiary alicyclic amines) is 1. The molecule has 20 heavy (non-hydrogen) atoms. The molecule has 1 saturated carbocycles. The zero-order valence-electron chi connectivity index (χ0n) is 12.4. The maximum absolute atomic E-state index is 12.2. The summed E-state index contributed by atoms with van der Waals surface area (Å²) < 4.78 is 1.81. The second kappa shape index (κ2) is 5.16. The van der Waals surface area contributed by atoms with Crippen LogP contribution < -0.4 is 5.32 Å². The van der Waals surface area contributed by atoms with E-state index in [-0.39, 0.29) is 11.9 Å². The zero-order valence-corrected chi connectivity index (χ0v) is 12.4. The van der Waals surface area contributed by atoms with Gasteiger partial charge in [0, 0.05) is 25.2 Å². The molecule has 1 aromatic rings. The van der Waals surface area contributed by atoms with Crippen LogP contribution in [0.5, 0.6) is 0 Å². The molecule has 6 heteroatoms. The van der Waals surface area contributed by atoms with Crippen molar-refractivity contribution in [1.82, 2.24) is 25.2 Å². The van der Waals surface area contributed by atoms with Gasteiger partial charge in [-0.3, -0.25) is 9.69 Å². The second-order valence-corrected chi connectivity index (χ2v) is 6.42. The Balaban J connectivity index is 1.60. The van der Waals surface area contributed by atoms with Gasteiger partial charge in [-0.15, -0.1) is 5.10 Å². The molecule has 2 atom stereocenters. The van der Waals surface area contributed by atoms with E-state index in [1.54, 1.807) is 6.20 Å². The van der Waals surface area contributed by atoms with E-state index in [0.717, 1.165) is 25.9 Å². The summed E-state index contributed by atoms with van der Waals surface area (Å²) in [5.41, 5.74) is 0.437. The van der Waals surface area contributed by atoms with E-state index in [0.29, 0.717) is 23.7 Å². The number of hydrogen-bond acceptors (Lipinski definition) is 4. The SMILES string of the molecule is CC(C)N1C[C@H](NC(=O)c2cn(C3CC3)nn2)[C@@H](C)C1. The molecule has 2 heterocycles. The van der Waals surface area contributed by atoms with E-state index in [4.69, 9.17) is 0 Å². The smallest absolute Gasteiger partial charge is 0.273 e. The first-order chi connectivity index (χ1) is 9.54. The maximum Gasteiger partial charge on any atom is 0.273 e. The van der Waals surface area contributed by atoms with Crippen LogP contribution in [0.15, 0.2) is 6.20 Å². The summed E-state index contributed by atoms with van der Waals surface area (Å²) in [6.45, 7) is 8.53. The molecule has 6 nitrogen and oxygen atoms in total. The molecule has 2 fully saturated rings. The van der Waals surface area contributed by atoms with Crippen molar-refractivity contribution in [2.24, 2.45) is 5.92 Å². The molecule has 0 spiro atoms. The van der Waals surface area contributed by atoms with Gasteiger partial charge >= 0.3 is 0 Å². The summed E-state index contributed by atoms with van der Waals surface area (Å²) in [6.07, 6.45) is 4.06. The first kappa shape index (κ1) is 13.5. The fourth-order valence-electron chi connectivity index (χ4n) is 2.75. The van der Waals surface area contributed by atoms with Gasteiger partial charge in [-0.2, -0.15) is 0 Å². The van der Waals surface area contributed by atoms with Crippen LogP contribution in [0.25, 0.3) is 0 Å². The van der Waals surface area contributed by atoms with Crippen molar-refractivity contribution < 1.29 is 4.79 Å². The number of carbonyl (C=O) groups is 1. The van der Waals surface area contributed by atoms with Crippen LogP contribution in [0.3, 0.4) is 0 Å². The lowest BCUT2D eigenvalue weighted by Gasteiger charge is -2.20. The van der Waals surface area contributed by atoms with Crippen LogP contribution in [-0.2, 0) is 0 Å². The highest BCUT2D eigenvalue weighted by molar-refractivity contribution is 5.92. The minimum absolute atomic E-state index is 0.0978. The predicted octanol–water partition coefficient (Wildman–Crippen LogP) is 1.07. The van der Waals surface area contributed by atoms with E-state index in [1.807, 2.05) is 4.68 Å². The quantitative estimate of drug-likeness (QED) is 0.894. The monoisotopic (exact) mass is 277 g/mol. The van der Waals surface area contributed by atoms with Gasteiger partial charge in [-0.25, -0.2) is 4.68 Å². The van der Waals surface area contributed by atoms with Gasteiger partial charge in [0.2, 0.25) is 0 Å². The van der Waals surface area contributed by atoms with Crippen LogP contribution in [0, 0.1) is 5.92 Å². The molecule has 1 aliphatic carbocycles. The summed E-state index contributed by atoms with van der Waals surface area (Å²) >= 11 is 0. The van der Waals surface area contributed by atoms with Crippen LogP contribution in [0.2, 0.25) is 0 Å². The molecular formula is C14H23N5O. The van der Waals surface area contributed by atoms with E-state index < -0.39 is 0 Å². The Labute approximate surface area is 119 Å². The van der Waals surface area contributed by atoms with E-state index in [2.05, 4.69) is 41.3 Å². The van der Waals surface area contributed by atoms with Crippen molar-refractivity contribution in [3.8, 4) is 0 Å². The van der Waals surface area contributed by atoms with Gasteiger partial charge < -0.3 is 5.32 Å². The van der Waals surface area contributed by atoms with E-state index in [9.17, 15) is 4.79 Å². The number of aromatic nitrogens is 3. The van der Waals surface area contributed by atoms with Gasteiger partial charge in [0.1, 0.15) is 0 Å². The van der Waals surface area contributed by atoms with E-state index >= 15 is 0 Å². The number of carbonyl (C=O) groups excluding carboxylic acids is 1. The summed E-state index contributed by atoms with van der Waals surface area (Å²) in [4.78, 5) is 14.6. The molecule has 3 rings (SSSR count). The van der Waals surface area contributed by atoms with Gasteiger partial charge in [0.15, 0.2) is 5.69 Å². The highest BCUT2D eigenvalue weighted by Gasteiger charge is 2.33. The number of amides is 1. The third-order valence-electron chi connectivity index (χ3n) is 4.35. The van der Waals surface area contributed by atoms with Crippen molar-refractivity contribution in [2.75, 3.05) is 13.1 Å². The lowest BCUT2D eigenvalue weighted by atomic mass is 10.1. The first-order valence-corrected chi connectivity index (χ1v) is 7.51. The summed E-state index contributed by atoms with van der Waals surface area (Å²) in [5, 5.41) is 11.1. The Morgan fingerprint density at radius 2 is 2.15 bits per heavy atom. The average Bonchev–Trinajstić information content (AvgIpc) is 3.01.